The molecule has 1 aromatic rings. The van der Waals surface area contributed by atoms with Gasteiger partial charge in [0.1, 0.15) is 5.69 Å². The van der Waals surface area contributed by atoms with Crippen molar-refractivity contribution in [1.29, 1.82) is 0 Å². The first-order chi connectivity index (χ1) is 11.7. The third-order valence-corrected chi connectivity index (χ3v) is 5.28. The zero-order valence-corrected chi connectivity index (χ0v) is 18.7. The van der Waals surface area contributed by atoms with Crippen LogP contribution in [0.3, 0.4) is 0 Å². The first-order valence-corrected chi connectivity index (χ1v) is 10.6. The monoisotopic (exact) mass is 411 g/mol. The zero-order chi connectivity index (χ0) is 17.5. The minimum absolute atomic E-state index is 0. The molecule has 0 amide bonds. The average Bonchev–Trinajstić information content (AvgIpc) is 2.60. The van der Waals surface area contributed by atoms with E-state index in [1.54, 1.807) is 0 Å². The molecular weight excluding hydrogens is 370 g/mol. The highest BCUT2D eigenvalue weighted by Crippen LogP contribution is 2.19. The summed E-state index contributed by atoms with van der Waals surface area (Å²) in [6.07, 6.45) is 18.6. The molecule has 0 unspecified atom stereocenters. The van der Waals surface area contributed by atoms with Crippen LogP contribution in [0.5, 0.6) is 0 Å². The quantitative estimate of drug-likeness (QED) is 0.297. The number of nitrogens with zero attached hydrogens (tertiary/aromatic N) is 1. The molecular formula is C23H42BrN. The number of hydrogen-bond acceptors (Lipinski definition) is 0. The van der Waals surface area contributed by atoms with E-state index >= 15 is 0 Å². The van der Waals surface area contributed by atoms with E-state index in [-0.39, 0.29) is 17.0 Å². The molecule has 0 heterocycles. The van der Waals surface area contributed by atoms with Gasteiger partial charge in [-0.2, -0.15) is 0 Å². The van der Waals surface area contributed by atoms with Gasteiger partial charge >= 0.3 is 0 Å². The van der Waals surface area contributed by atoms with Crippen LogP contribution in [0.25, 0.3) is 0 Å². The van der Waals surface area contributed by atoms with E-state index < -0.39 is 0 Å². The topological polar surface area (TPSA) is 0 Å². The van der Waals surface area contributed by atoms with Gasteiger partial charge in [-0.3, -0.25) is 4.48 Å². The third-order valence-electron chi connectivity index (χ3n) is 5.28. The molecule has 0 fully saturated rings. The Balaban J connectivity index is 0.00000576. The van der Waals surface area contributed by atoms with Crippen molar-refractivity contribution < 1.29 is 17.0 Å². The van der Waals surface area contributed by atoms with Gasteiger partial charge in [-0.25, -0.2) is 0 Å². The lowest BCUT2D eigenvalue weighted by atomic mass is 10.0. The number of benzene rings is 1. The lowest BCUT2D eigenvalue weighted by Crippen LogP contribution is -3.00. The lowest BCUT2D eigenvalue weighted by Gasteiger charge is -2.29. The maximum atomic E-state index is 2.33. The number of rotatable bonds is 15. The average molecular weight is 412 g/mol. The van der Waals surface area contributed by atoms with Crippen molar-refractivity contribution in [2.24, 2.45) is 0 Å². The fraction of sp³-hybridized carbons (Fsp3) is 0.739. The molecule has 0 N–H and O–H groups in total. The first kappa shape index (κ1) is 24.7. The minimum Gasteiger partial charge on any atom is -1.00 e. The van der Waals surface area contributed by atoms with Gasteiger partial charge < -0.3 is 17.0 Å². The molecule has 1 rings (SSSR count). The minimum atomic E-state index is 0. The largest absolute Gasteiger partial charge is 1.00 e. The van der Waals surface area contributed by atoms with Crippen LogP contribution in [0.15, 0.2) is 30.3 Å². The van der Waals surface area contributed by atoms with Gasteiger partial charge in [0.05, 0.1) is 20.6 Å². The molecule has 0 aliphatic carbocycles. The molecule has 0 radical (unpaired) electrons. The summed E-state index contributed by atoms with van der Waals surface area (Å²) >= 11 is 0. The van der Waals surface area contributed by atoms with E-state index in [0.717, 1.165) is 4.48 Å². The maximum absolute atomic E-state index is 2.33. The molecule has 25 heavy (non-hydrogen) atoms. The Hall–Kier alpha value is -0.340. The van der Waals surface area contributed by atoms with Crippen LogP contribution in [0.2, 0.25) is 0 Å². The van der Waals surface area contributed by atoms with Crippen molar-refractivity contribution in [1.82, 2.24) is 4.48 Å². The molecule has 0 saturated heterocycles. The van der Waals surface area contributed by atoms with Gasteiger partial charge in [0, 0.05) is 0 Å². The van der Waals surface area contributed by atoms with Crippen molar-refractivity contribution >= 4 is 5.69 Å². The van der Waals surface area contributed by atoms with Crippen molar-refractivity contribution in [2.45, 2.75) is 90.4 Å². The second-order valence-electron chi connectivity index (χ2n) is 7.99. The lowest BCUT2D eigenvalue weighted by molar-refractivity contribution is -0.00000538. The van der Waals surface area contributed by atoms with Crippen LogP contribution in [0.4, 0.5) is 5.69 Å². The van der Waals surface area contributed by atoms with E-state index in [2.05, 4.69) is 51.4 Å². The summed E-state index contributed by atoms with van der Waals surface area (Å²) in [6.45, 7) is 3.55. The van der Waals surface area contributed by atoms with Gasteiger partial charge in [-0.15, -0.1) is 0 Å². The van der Waals surface area contributed by atoms with E-state index in [4.69, 9.17) is 0 Å². The predicted octanol–water partition coefficient (Wildman–Crippen LogP) is 4.35. The summed E-state index contributed by atoms with van der Waals surface area (Å²) in [5.41, 5.74) is 1.43. The number of quaternary nitrogens is 1. The Morgan fingerprint density at radius 2 is 1.00 bits per heavy atom. The van der Waals surface area contributed by atoms with Crippen molar-refractivity contribution in [3.63, 3.8) is 0 Å². The molecule has 0 saturated carbocycles. The molecule has 0 aliphatic heterocycles. The summed E-state index contributed by atoms with van der Waals surface area (Å²) in [6, 6.07) is 10.9. The highest BCUT2D eigenvalue weighted by atomic mass is 79.9. The SMILES string of the molecule is CCCCCCCCCCCCCCC[N+](C)(C)c1ccccc1.[Br-]. The van der Waals surface area contributed by atoms with E-state index in [0.29, 0.717) is 0 Å². The Kier molecular flexibility index (Phi) is 15.7. The third kappa shape index (κ3) is 12.6. The Morgan fingerprint density at radius 1 is 0.600 bits per heavy atom. The standard InChI is InChI=1S/C23H42N.BrH/c1-4-5-6-7-8-9-10-11-12-13-14-15-19-22-24(2,3)23-20-17-16-18-21-23;/h16-18,20-21H,4-15,19,22H2,1-3H3;1H/q+1;/p-1. The van der Waals surface area contributed by atoms with Gasteiger partial charge in [0.25, 0.3) is 0 Å². The van der Waals surface area contributed by atoms with Crippen LogP contribution in [0, 0.1) is 0 Å². The maximum Gasteiger partial charge on any atom is 0.132 e. The van der Waals surface area contributed by atoms with Crippen LogP contribution >= 0.6 is 0 Å². The Bertz CT molecular complexity index is 388. The molecule has 0 bridgehead atoms. The number of unbranched alkanes of at least 4 members (excludes halogenated alkanes) is 12. The summed E-state index contributed by atoms with van der Waals surface area (Å²) in [5, 5.41) is 0. The molecule has 0 aromatic heterocycles. The molecule has 2 heteroatoms. The second-order valence-corrected chi connectivity index (χ2v) is 7.99. The van der Waals surface area contributed by atoms with E-state index in [1.807, 2.05) is 0 Å². The van der Waals surface area contributed by atoms with Gasteiger partial charge in [-0.05, 0) is 25.0 Å². The number of hydrogen-bond donors (Lipinski definition) is 0. The molecule has 146 valence electrons. The fourth-order valence-electron chi connectivity index (χ4n) is 3.49. The van der Waals surface area contributed by atoms with E-state index in [1.165, 1.54) is 95.7 Å². The molecule has 0 spiro atoms. The summed E-state index contributed by atoms with van der Waals surface area (Å²) in [4.78, 5) is 0. The van der Waals surface area contributed by atoms with Crippen molar-refractivity contribution in [3.05, 3.63) is 30.3 Å². The predicted molar refractivity (Wildman–Crippen MR) is 111 cm³/mol. The molecule has 0 aliphatic rings. The van der Waals surface area contributed by atoms with Gasteiger partial charge in [0.15, 0.2) is 0 Å². The number of para-hydroxylation sites is 1. The fourth-order valence-corrected chi connectivity index (χ4v) is 3.49. The first-order valence-electron chi connectivity index (χ1n) is 10.6. The second kappa shape index (κ2) is 15.9. The Labute approximate surface area is 168 Å². The normalized spacial score (nSPS) is 11.3. The smallest absolute Gasteiger partial charge is 0.132 e. The molecule has 1 nitrogen and oxygen atoms in total. The molecule has 0 atom stereocenters. The Morgan fingerprint density at radius 3 is 1.44 bits per heavy atom. The highest BCUT2D eigenvalue weighted by molar-refractivity contribution is 5.40. The highest BCUT2D eigenvalue weighted by Gasteiger charge is 2.17. The van der Waals surface area contributed by atoms with Crippen LogP contribution in [-0.4, -0.2) is 20.6 Å². The van der Waals surface area contributed by atoms with Crippen molar-refractivity contribution in [3.8, 4) is 0 Å². The van der Waals surface area contributed by atoms with Crippen LogP contribution in [-0.2, 0) is 0 Å². The van der Waals surface area contributed by atoms with Crippen molar-refractivity contribution in [2.75, 3.05) is 20.6 Å². The van der Waals surface area contributed by atoms with E-state index in [9.17, 15) is 0 Å². The zero-order valence-electron chi connectivity index (χ0n) is 17.1. The summed E-state index contributed by atoms with van der Waals surface area (Å²) < 4.78 is 1.01. The summed E-state index contributed by atoms with van der Waals surface area (Å²) in [5.74, 6) is 0. The molecule has 1 aromatic carbocycles. The number of halogens is 1. The summed E-state index contributed by atoms with van der Waals surface area (Å²) in [7, 11) is 4.66. The van der Waals surface area contributed by atoms with Crippen LogP contribution < -0.4 is 21.5 Å². The van der Waals surface area contributed by atoms with Gasteiger partial charge in [0.2, 0.25) is 0 Å². The van der Waals surface area contributed by atoms with Gasteiger partial charge in [-0.1, -0.05) is 95.8 Å². The van der Waals surface area contributed by atoms with Crippen LogP contribution in [0.1, 0.15) is 90.4 Å².